The molecular weight excluding hydrogens is 386 g/mol. The first-order valence-electron chi connectivity index (χ1n) is 8.50. The second-order valence-corrected chi connectivity index (χ2v) is 7.14. The highest BCUT2D eigenvalue weighted by Crippen LogP contribution is 2.35. The second-order valence-electron chi connectivity index (χ2n) is 7.14. The molecule has 1 aromatic rings. The van der Waals surface area contributed by atoms with Crippen LogP contribution in [-0.2, 0) is 11.0 Å². The van der Waals surface area contributed by atoms with Gasteiger partial charge in [0.2, 0.25) is 11.8 Å². The maximum Gasteiger partial charge on any atom is 0.421 e. The third-order valence-electron chi connectivity index (χ3n) is 4.39. The highest BCUT2D eigenvalue weighted by atomic mass is 19.4. The molecule has 1 aromatic heterocycles. The normalized spacial score (nSPS) is 20.6. The molecule has 0 spiro atoms. The van der Waals surface area contributed by atoms with Crippen molar-refractivity contribution in [3.63, 3.8) is 0 Å². The summed E-state index contributed by atoms with van der Waals surface area (Å²) >= 11 is 0. The van der Waals surface area contributed by atoms with Gasteiger partial charge in [-0.2, -0.15) is 13.2 Å². The number of ether oxygens (including phenoxy) is 1. The Morgan fingerprint density at radius 2 is 2.07 bits per heavy atom. The van der Waals surface area contributed by atoms with Crippen LogP contribution in [0.2, 0.25) is 0 Å². The quantitative estimate of drug-likeness (QED) is 0.733. The minimum Gasteiger partial charge on any atom is -0.476 e. The van der Waals surface area contributed by atoms with Crippen LogP contribution in [0.1, 0.15) is 25.8 Å². The van der Waals surface area contributed by atoms with Crippen LogP contribution in [0, 0.1) is 5.41 Å². The summed E-state index contributed by atoms with van der Waals surface area (Å²) in [6.07, 6.45) is -6.25. The number of likely N-dealkylation sites (tertiary alicyclic amines) is 1. The molecule has 2 heterocycles. The number of rotatable bonds is 5. The van der Waals surface area contributed by atoms with E-state index in [2.05, 4.69) is 10.3 Å². The molecule has 156 valence electrons. The van der Waals surface area contributed by atoms with Gasteiger partial charge >= 0.3 is 12.3 Å². The van der Waals surface area contributed by atoms with E-state index in [1.54, 1.807) is 0 Å². The summed E-state index contributed by atoms with van der Waals surface area (Å²) in [5.74, 6) is -1.26. The van der Waals surface area contributed by atoms with Crippen LogP contribution in [0.25, 0.3) is 0 Å². The van der Waals surface area contributed by atoms with Crippen LogP contribution in [0.5, 0.6) is 5.88 Å². The summed E-state index contributed by atoms with van der Waals surface area (Å²) in [5, 5.41) is 11.4. The van der Waals surface area contributed by atoms with Crippen LogP contribution in [0.3, 0.4) is 0 Å². The molecule has 2 N–H and O–H groups in total. The third kappa shape index (κ3) is 5.23. The van der Waals surface area contributed by atoms with E-state index >= 15 is 0 Å². The van der Waals surface area contributed by atoms with Crippen molar-refractivity contribution < 1.29 is 37.0 Å². The number of nitrogens with zero attached hydrogens (tertiary/aromatic N) is 2. The van der Waals surface area contributed by atoms with Gasteiger partial charge in [0, 0.05) is 12.7 Å². The SMILES string of the molecule is CC(C)(COc1ncccc1C(F)(F)F)C(=O)NC1CCN(C(=O)O)CC1F. The zero-order valence-corrected chi connectivity index (χ0v) is 15.3. The second kappa shape index (κ2) is 8.19. The van der Waals surface area contributed by atoms with Gasteiger partial charge in [0.25, 0.3) is 0 Å². The summed E-state index contributed by atoms with van der Waals surface area (Å²) in [6.45, 7) is 2.18. The van der Waals surface area contributed by atoms with Gasteiger partial charge in [-0.1, -0.05) is 0 Å². The Labute approximate surface area is 158 Å². The van der Waals surface area contributed by atoms with E-state index in [9.17, 15) is 27.2 Å². The van der Waals surface area contributed by atoms with Crippen molar-refractivity contribution in [1.29, 1.82) is 0 Å². The lowest BCUT2D eigenvalue weighted by atomic mass is 9.92. The van der Waals surface area contributed by atoms with Crippen LogP contribution in [0.15, 0.2) is 18.3 Å². The fraction of sp³-hybridized carbons (Fsp3) is 0.588. The van der Waals surface area contributed by atoms with Crippen molar-refractivity contribution in [2.45, 2.75) is 38.7 Å². The minimum atomic E-state index is -4.66. The molecule has 0 aromatic carbocycles. The molecule has 2 amide bonds. The van der Waals surface area contributed by atoms with Crippen molar-refractivity contribution in [2.75, 3.05) is 19.7 Å². The van der Waals surface area contributed by atoms with Crippen LogP contribution in [-0.4, -0.2) is 58.9 Å². The molecule has 0 bridgehead atoms. The number of carbonyl (C=O) groups excluding carboxylic acids is 1. The Morgan fingerprint density at radius 1 is 1.39 bits per heavy atom. The van der Waals surface area contributed by atoms with Crippen LogP contribution in [0.4, 0.5) is 22.4 Å². The van der Waals surface area contributed by atoms with Gasteiger partial charge in [-0.25, -0.2) is 14.2 Å². The number of pyridine rings is 1. The summed E-state index contributed by atoms with van der Waals surface area (Å²) in [7, 11) is 0. The monoisotopic (exact) mass is 407 g/mol. The molecule has 2 atom stereocenters. The first-order chi connectivity index (χ1) is 12.9. The fourth-order valence-electron chi connectivity index (χ4n) is 2.64. The molecule has 7 nitrogen and oxygen atoms in total. The number of aromatic nitrogens is 1. The molecule has 1 fully saturated rings. The molecule has 1 saturated heterocycles. The number of hydrogen-bond donors (Lipinski definition) is 2. The van der Waals surface area contributed by atoms with E-state index in [0.717, 1.165) is 23.2 Å². The highest BCUT2D eigenvalue weighted by molar-refractivity contribution is 5.82. The van der Waals surface area contributed by atoms with Crippen molar-refractivity contribution in [2.24, 2.45) is 5.41 Å². The van der Waals surface area contributed by atoms with Gasteiger partial charge in [-0.15, -0.1) is 0 Å². The van der Waals surface area contributed by atoms with Gasteiger partial charge in [-0.3, -0.25) is 4.79 Å². The number of nitrogens with one attached hydrogen (secondary N) is 1. The number of carboxylic acid groups (broad SMARTS) is 1. The number of alkyl halides is 4. The van der Waals surface area contributed by atoms with Gasteiger partial charge in [-0.05, 0) is 32.4 Å². The van der Waals surface area contributed by atoms with E-state index in [-0.39, 0.29) is 19.5 Å². The van der Waals surface area contributed by atoms with E-state index in [4.69, 9.17) is 9.84 Å². The van der Waals surface area contributed by atoms with Gasteiger partial charge in [0.1, 0.15) is 18.3 Å². The standard InChI is InChI=1S/C17H21F4N3O4/c1-16(2,9-28-13-10(17(19,20)21)4-3-6-22-13)14(25)23-12-5-7-24(15(26)27)8-11(12)18/h3-4,6,11-12H,5,7-9H2,1-2H3,(H,23,25)(H,26,27). The van der Waals surface area contributed by atoms with Gasteiger partial charge in [0.05, 0.1) is 18.0 Å². The predicted molar refractivity (Wildman–Crippen MR) is 89.6 cm³/mol. The van der Waals surface area contributed by atoms with Crippen molar-refractivity contribution in [1.82, 2.24) is 15.2 Å². The third-order valence-corrected chi connectivity index (χ3v) is 4.39. The molecule has 1 aliphatic rings. The van der Waals surface area contributed by atoms with E-state index in [1.807, 2.05) is 0 Å². The number of halogens is 4. The largest absolute Gasteiger partial charge is 0.476 e. The van der Waals surface area contributed by atoms with Crippen LogP contribution >= 0.6 is 0 Å². The maximum atomic E-state index is 14.2. The summed E-state index contributed by atoms with van der Waals surface area (Å²) in [4.78, 5) is 27.8. The average Bonchev–Trinajstić information content (AvgIpc) is 2.61. The maximum absolute atomic E-state index is 14.2. The molecule has 2 rings (SSSR count). The van der Waals surface area contributed by atoms with E-state index in [1.165, 1.54) is 13.8 Å². The molecule has 28 heavy (non-hydrogen) atoms. The highest BCUT2D eigenvalue weighted by Gasteiger charge is 2.38. The van der Waals surface area contributed by atoms with Crippen molar-refractivity contribution in [3.05, 3.63) is 23.9 Å². The Balaban J connectivity index is 1.98. The molecular formula is C17H21F4N3O4. The first-order valence-corrected chi connectivity index (χ1v) is 8.50. The van der Waals surface area contributed by atoms with E-state index in [0.29, 0.717) is 0 Å². The Bertz CT molecular complexity index is 727. The summed E-state index contributed by atoms with van der Waals surface area (Å²) in [5.41, 5.74) is -2.33. The topological polar surface area (TPSA) is 91.8 Å². The molecule has 11 heteroatoms. The number of piperidine rings is 1. The molecule has 1 aliphatic heterocycles. The lowest BCUT2D eigenvalue weighted by Crippen LogP contribution is -2.56. The number of carbonyl (C=O) groups is 2. The van der Waals surface area contributed by atoms with Gasteiger partial charge in [0.15, 0.2) is 0 Å². The molecule has 0 radical (unpaired) electrons. The zero-order valence-electron chi connectivity index (χ0n) is 15.3. The average molecular weight is 407 g/mol. The van der Waals surface area contributed by atoms with E-state index < -0.39 is 53.9 Å². The Kier molecular flexibility index (Phi) is 6.35. The Hall–Kier alpha value is -2.59. The number of amides is 2. The summed E-state index contributed by atoms with van der Waals surface area (Å²) in [6, 6.07) is 1.06. The number of hydrogen-bond acceptors (Lipinski definition) is 4. The fourth-order valence-corrected chi connectivity index (χ4v) is 2.64. The summed E-state index contributed by atoms with van der Waals surface area (Å²) < 4.78 is 58.2. The van der Waals surface area contributed by atoms with Crippen molar-refractivity contribution >= 4 is 12.0 Å². The predicted octanol–water partition coefficient (Wildman–Crippen LogP) is 2.71. The lowest BCUT2D eigenvalue weighted by molar-refractivity contribution is -0.139. The Morgan fingerprint density at radius 3 is 2.64 bits per heavy atom. The zero-order chi connectivity index (χ0) is 21.1. The van der Waals surface area contributed by atoms with Crippen molar-refractivity contribution in [3.8, 4) is 5.88 Å². The molecule has 0 aliphatic carbocycles. The molecule has 0 saturated carbocycles. The molecule has 2 unspecified atom stereocenters. The lowest BCUT2D eigenvalue weighted by Gasteiger charge is -2.35. The first kappa shape index (κ1) is 21.7. The van der Waals surface area contributed by atoms with Crippen LogP contribution < -0.4 is 10.1 Å². The minimum absolute atomic E-state index is 0.0699. The van der Waals surface area contributed by atoms with Gasteiger partial charge < -0.3 is 20.1 Å². The smallest absolute Gasteiger partial charge is 0.421 e.